The molecule has 12 heteroatoms. The Balaban J connectivity index is 1.44. The minimum Gasteiger partial charge on any atom is -0.469 e. The van der Waals surface area contributed by atoms with Gasteiger partial charge in [-0.1, -0.05) is 18.2 Å². The Morgan fingerprint density at radius 1 is 1.10 bits per heavy atom. The number of methoxy groups -OCH3 is 1. The molecule has 0 unspecified atom stereocenters. The number of carbonyl (C=O) groups excluding carboxylic acids is 3. The number of fused-ring (bicyclic) bond motifs is 2. The zero-order valence-electron chi connectivity index (χ0n) is 22.2. The molecule has 1 aliphatic rings. The van der Waals surface area contributed by atoms with E-state index in [0.717, 1.165) is 41.6 Å². The van der Waals surface area contributed by atoms with Crippen molar-refractivity contribution in [2.24, 2.45) is 13.0 Å². The van der Waals surface area contributed by atoms with Gasteiger partial charge in [-0.2, -0.15) is 13.2 Å². The maximum absolute atomic E-state index is 13.4. The maximum atomic E-state index is 13.4. The number of para-hydroxylation sites is 1. The first kappa shape index (κ1) is 27.2. The smallest absolute Gasteiger partial charge is 0.469 e. The Kier molecular flexibility index (Phi) is 7.03. The average Bonchev–Trinajstić information content (AvgIpc) is 3.48. The van der Waals surface area contributed by atoms with Crippen LogP contribution in [-0.2, 0) is 27.9 Å². The molecule has 0 bridgehead atoms. The molecule has 1 aliphatic heterocycles. The van der Waals surface area contributed by atoms with Gasteiger partial charge in [-0.15, -0.1) is 0 Å². The van der Waals surface area contributed by atoms with Gasteiger partial charge in [-0.3, -0.25) is 14.4 Å². The zero-order chi connectivity index (χ0) is 28.8. The molecule has 1 fully saturated rings. The molecule has 1 saturated heterocycles. The predicted molar refractivity (Wildman–Crippen MR) is 141 cm³/mol. The van der Waals surface area contributed by atoms with Crippen LogP contribution < -0.4 is 5.32 Å². The molecule has 2 aromatic heterocycles. The van der Waals surface area contributed by atoms with Gasteiger partial charge in [-0.25, -0.2) is 4.98 Å². The van der Waals surface area contributed by atoms with E-state index in [9.17, 15) is 27.6 Å². The third kappa shape index (κ3) is 4.78. The number of alkyl halides is 3. The molecule has 2 aromatic carbocycles. The molecule has 40 heavy (non-hydrogen) atoms. The van der Waals surface area contributed by atoms with Crippen LogP contribution in [0.5, 0.6) is 0 Å². The number of carbonyl (C=O) groups is 3. The van der Waals surface area contributed by atoms with E-state index >= 15 is 0 Å². The summed E-state index contributed by atoms with van der Waals surface area (Å²) < 4.78 is 47.6. The normalized spacial score (nSPS) is 17.8. The van der Waals surface area contributed by atoms with Crippen molar-refractivity contribution < 1.29 is 32.3 Å². The first-order valence-electron chi connectivity index (χ1n) is 12.8. The summed E-state index contributed by atoms with van der Waals surface area (Å²) in [5, 5.41) is 2.95. The van der Waals surface area contributed by atoms with Crippen LogP contribution in [0.3, 0.4) is 0 Å². The van der Waals surface area contributed by atoms with E-state index in [1.165, 1.54) is 4.90 Å². The summed E-state index contributed by atoms with van der Waals surface area (Å²) >= 11 is 0. The second kappa shape index (κ2) is 10.3. The predicted octanol–water partition coefficient (Wildman–Crippen LogP) is 3.90. The number of imidazole rings is 1. The first-order valence-corrected chi connectivity index (χ1v) is 12.8. The van der Waals surface area contributed by atoms with Gasteiger partial charge in [-0.05, 0) is 43.7 Å². The van der Waals surface area contributed by atoms with Gasteiger partial charge < -0.3 is 24.1 Å². The molecular weight excluding hydrogens is 527 g/mol. The van der Waals surface area contributed by atoms with Crippen LogP contribution in [0.25, 0.3) is 33.5 Å². The number of halogens is 3. The molecule has 0 aliphatic carbocycles. The van der Waals surface area contributed by atoms with Crippen LogP contribution in [0.1, 0.15) is 23.7 Å². The number of nitrogens with zero attached hydrogens (tertiary/aromatic N) is 4. The number of piperidine rings is 1. The Morgan fingerprint density at radius 3 is 2.55 bits per heavy atom. The molecule has 0 spiro atoms. The van der Waals surface area contributed by atoms with Crippen molar-refractivity contribution in [1.82, 2.24) is 24.3 Å². The highest BCUT2D eigenvalue weighted by Crippen LogP contribution is 2.31. The van der Waals surface area contributed by atoms with Gasteiger partial charge in [0.05, 0.1) is 35.8 Å². The molecule has 5 rings (SSSR count). The van der Waals surface area contributed by atoms with Crippen molar-refractivity contribution >= 4 is 39.7 Å². The van der Waals surface area contributed by atoms with Crippen LogP contribution in [0, 0.1) is 5.92 Å². The molecule has 2 amide bonds. The van der Waals surface area contributed by atoms with E-state index in [2.05, 4.69) is 23.6 Å². The molecule has 3 heterocycles. The summed E-state index contributed by atoms with van der Waals surface area (Å²) in [6, 6.07) is 13.9. The van der Waals surface area contributed by atoms with E-state index < -0.39 is 35.9 Å². The van der Waals surface area contributed by atoms with E-state index in [1.807, 2.05) is 35.1 Å². The van der Waals surface area contributed by atoms with Gasteiger partial charge in [0.25, 0.3) is 5.91 Å². The number of rotatable bonds is 5. The summed E-state index contributed by atoms with van der Waals surface area (Å²) in [4.78, 5) is 43.4. The minimum atomic E-state index is -5.13. The molecule has 1 N–H and O–H groups in total. The topological polar surface area (TPSA) is 98.5 Å². The summed E-state index contributed by atoms with van der Waals surface area (Å²) in [5.74, 6) is -3.64. The zero-order valence-corrected chi connectivity index (χ0v) is 22.2. The number of nitrogens with one attached hydrogen (secondary N) is 1. The van der Waals surface area contributed by atoms with Gasteiger partial charge in [0.15, 0.2) is 5.82 Å². The summed E-state index contributed by atoms with van der Waals surface area (Å²) in [6.07, 6.45) is -5.09. The largest absolute Gasteiger partial charge is 0.471 e. The molecular formula is C28H28F3N5O4. The van der Waals surface area contributed by atoms with Gasteiger partial charge in [0.1, 0.15) is 0 Å². The highest BCUT2D eigenvalue weighted by atomic mass is 19.4. The number of hydrogen-bond acceptors (Lipinski definition) is 5. The van der Waals surface area contributed by atoms with Crippen molar-refractivity contribution in [3.05, 3.63) is 54.1 Å². The number of ether oxygens (including phenoxy) is 1. The van der Waals surface area contributed by atoms with Crippen LogP contribution in [-0.4, -0.2) is 69.2 Å². The average molecular weight is 556 g/mol. The Hall–Kier alpha value is -4.35. The lowest BCUT2D eigenvalue weighted by Gasteiger charge is -2.37. The third-order valence-corrected chi connectivity index (χ3v) is 7.46. The highest BCUT2D eigenvalue weighted by molar-refractivity contribution is 5.98. The lowest BCUT2D eigenvalue weighted by molar-refractivity contribution is -0.175. The summed E-state index contributed by atoms with van der Waals surface area (Å²) in [6.45, 7) is 2.63. The number of amides is 2. The fourth-order valence-electron chi connectivity index (χ4n) is 5.45. The number of likely N-dealkylation sites (tertiary alicyclic amines) is 1. The van der Waals surface area contributed by atoms with E-state index in [4.69, 9.17) is 9.72 Å². The van der Waals surface area contributed by atoms with Gasteiger partial charge >= 0.3 is 18.1 Å². The quantitative estimate of drug-likeness (QED) is 0.377. The van der Waals surface area contributed by atoms with Gasteiger partial charge in [0.2, 0.25) is 0 Å². The van der Waals surface area contributed by atoms with E-state index in [0.29, 0.717) is 11.1 Å². The van der Waals surface area contributed by atoms with E-state index in [1.54, 1.807) is 18.2 Å². The van der Waals surface area contributed by atoms with Crippen molar-refractivity contribution in [3.8, 4) is 11.5 Å². The summed E-state index contributed by atoms with van der Waals surface area (Å²) in [7, 11) is 3.02. The molecule has 0 radical (unpaired) electrons. The number of aromatic nitrogens is 3. The van der Waals surface area contributed by atoms with Gasteiger partial charge in [0, 0.05) is 43.1 Å². The third-order valence-electron chi connectivity index (χ3n) is 7.46. The van der Waals surface area contributed by atoms with Crippen LogP contribution in [0.4, 0.5) is 13.2 Å². The Bertz CT molecular complexity index is 1620. The second-order valence-corrected chi connectivity index (χ2v) is 9.78. The second-order valence-electron chi connectivity index (χ2n) is 9.78. The molecule has 9 nitrogen and oxygen atoms in total. The van der Waals surface area contributed by atoms with Crippen LogP contribution in [0.15, 0.2) is 48.5 Å². The van der Waals surface area contributed by atoms with Crippen LogP contribution >= 0.6 is 0 Å². The number of hydrogen-bond donors (Lipinski definition) is 1. The van der Waals surface area contributed by atoms with Crippen molar-refractivity contribution in [2.45, 2.75) is 32.1 Å². The molecule has 0 saturated carbocycles. The monoisotopic (exact) mass is 555 g/mol. The van der Waals surface area contributed by atoms with Crippen molar-refractivity contribution in [1.29, 1.82) is 0 Å². The first-order chi connectivity index (χ1) is 19.0. The number of aryl methyl sites for hydroxylation is 2. The minimum absolute atomic E-state index is 0.0404. The van der Waals surface area contributed by atoms with Crippen molar-refractivity contribution in [2.75, 3.05) is 20.2 Å². The summed E-state index contributed by atoms with van der Waals surface area (Å²) in [5.41, 5.74) is 3.71. The molecule has 2 atom stereocenters. The number of benzene rings is 2. The molecule has 210 valence electrons. The molecule has 4 aromatic rings. The lowest BCUT2D eigenvalue weighted by Crippen LogP contribution is -2.58. The number of esters is 1. The fraction of sp³-hybridized carbons (Fsp3) is 0.357. The van der Waals surface area contributed by atoms with E-state index in [-0.39, 0.29) is 19.5 Å². The van der Waals surface area contributed by atoms with Crippen LogP contribution in [0.2, 0.25) is 0 Å². The fourth-order valence-corrected chi connectivity index (χ4v) is 5.45. The SMILES string of the molecule is CCn1c(-c2nc3cc(C(=O)N4CC[C@@H](C(=O)OC)[C@@H](NC(=O)C(F)(F)F)C4)ccc3n2C)cc2ccccc21. The Morgan fingerprint density at radius 2 is 1.85 bits per heavy atom. The highest BCUT2D eigenvalue weighted by Gasteiger charge is 2.44. The standard InChI is InChI=1S/C28H28F3N5O4/c1-4-36-21-8-6-5-7-16(21)14-23(36)24-32-19-13-17(9-10-22(19)34(24)2)25(37)35-12-11-18(26(38)40-3)20(15-35)33-27(39)28(29,30)31/h5-10,13-14,18,20H,4,11-12,15H2,1-3H3,(H,33,39)/t18-,20+/m1/s1. The Labute approximate surface area is 227 Å². The lowest BCUT2D eigenvalue weighted by atomic mass is 9.91. The van der Waals surface area contributed by atoms with Crippen molar-refractivity contribution in [3.63, 3.8) is 0 Å². The maximum Gasteiger partial charge on any atom is 0.471 e.